The molecule has 4 rings (SSSR count). The van der Waals surface area contributed by atoms with Gasteiger partial charge in [-0.2, -0.15) is 10.1 Å². The van der Waals surface area contributed by atoms with Crippen molar-refractivity contribution in [3.63, 3.8) is 0 Å². The van der Waals surface area contributed by atoms with E-state index in [1.54, 1.807) is 11.6 Å². The van der Waals surface area contributed by atoms with E-state index in [-0.39, 0.29) is 11.8 Å². The lowest BCUT2D eigenvalue weighted by molar-refractivity contribution is -0.114. The minimum Gasteiger partial charge on any atom is -0.490 e. The molecule has 1 aliphatic heterocycles. The lowest BCUT2D eigenvalue weighted by Gasteiger charge is -2.28. The largest absolute Gasteiger partial charge is 0.490 e. The average molecular weight is 418 g/mol. The van der Waals surface area contributed by atoms with Gasteiger partial charge in [-0.1, -0.05) is 30.3 Å². The van der Waals surface area contributed by atoms with Crippen LogP contribution in [0.15, 0.2) is 60.1 Å². The quantitative estimate of drug-likeness (QED) is 0.611. The Morgan fingerprint density at radius 3 is 2.68 bits per heavy atom. The lowest BCUT2D eigenvalue weighted by atomic mass is 9.93. The first-order chi connectivity index (χ1) is 15.0. The van der Waals surface area contributed by atoms with Crippen molar-refractivity contribution in [1.82, 2.24) is 14.8 Å². The van der Waals surface area contributed by atoms with Crippen LogP contribution in [0, 0.1) is 6.92 Å². The monoisotopic (exact) mass is 418 g/mol. The van der Waals surface area contributed by atoms with Crippen molar-refractivity contribution in [3.8, 4) is 11.5 Å². The van der Waals surface area contributed by atoms with Crippen LogP contribution in [0.5, 0.6) is 11.5 Å². The zero-order valence-electron chi connectivity index (χ0n) is 18.2. The molecule has 2 heterocycles. The predicted molar refractivity (Wildman–Crippen MR) is 118 cm³/mol. The fraction of sp³-hybridized carbons (Fsp3) is 0.292. The zero-order chi connectivity index (χ0) is 22.0. The van der Waals surface area contributed by atoms with Crippen molar-refractivity contribution in [2.45, 2.75) is 40.3 Å². The maximum absolute atomic E-state index is 12.5. The van der Waals surface area contributed by atoms with E-state index in [9.17, 15) is 4.79 Å². The Balaban J connectivity index is 1.70. The maximum Gasteiger partial charge on any atom is 0.226 e. The number of aryl methyl sites for hydroxylation is 1. The van der Waals surface area contributed by atoms with Gasteiger partial charge in [0.2, 0.25) is 5.95 Å². The second kappa shape index (κ2) is 8.63. The summed E-state index contributed by atoms with van der Waals surface area (Å²) in [4.78, 5) is 16.7. The summed E-state index contributed by atoms with van der Waals surface area (Å²) in [6.45, 7) is 8.40. The fourth-order valence-corrected chi connectivity index (χ4v) is 3.87. The second-order valence-electron chi connectivity index (χ2n) is 7.50. The molecule has 0 bridgehead atoms. The van der Waals surface area contributed by atoms with E-state index in [0.717, 1.165) is 16.8 Å². The van der Waals surface area contributed by atoms with Crippen molar-refractivity contribution < 1.29 is 14.3 Å². The Bertz CT molecular complexity index is 1150. The number of anilines is 1. The zero-order valence-corrected chi connectivity index (χ0v) is 18.2. The smallest absolute Gasteiger partial charge is 0.226 e. The summed E-state index contributed by atoms with van der Waals surface area (Å²) >= 11 is 0. The highest BCUT2D eigenvalue weighted by atomic mass is 16.5. The van der Waals surface area contributed by atoms with Crippen LogP contribution in [0.25, 0.3) is 0 Å². The molecule has 31 heavy (non-hydrogen) atoms. The number of nitrogens with one attached hydrogen (secondary N) is 1. The number of carbonyl (C=O) groups excluding carboxylic acids is 1. The van der Waals surface area contributed by atoms with Crippen LogP contribution in [-0.4, -0.2) is 27.2 Å². The van der Waals surface area contributed by atoms with E-state index in [0.29, 0.717) is 36.2 Å². The molecule has 0 radical (unpaired) electrons. The Morgan fingerprint density at radius 2 is 1.94 bits per heavy atom. The van der Waals surface area contributed by atoms with E-state index < -0.39 is 0 Å². The fourth-order valence-electron chi connectivity index (χ4n) is 3.87. The predicted octanol–water partition coefficient (Wildman–Crippen LogP) is 4.44. The van der Waals surface area contributed by atoms with Crippen molar-refractivity contribution >= 4 is 11.7 Å². The molecule has 2 aromatic carbocycles. The highest BCUT2D eigenvalue weighted by Gasteiger charge is 2.32. The van der Waals surface area contributed by atoms with Crippen LogP contribution in [0.4, 0.5) is 5.95 Å². The van der Waals surface area contributed by atoms with E-state index in [1.165, 1.54) is 11.9 Å². The van der Waals surface area contributed by atoms with Crippen molar-refractivity contribution in [2.75, 3.05) is 11.9 Å². The lowest BCUT2D eigenvalue weighted by Crippen LogP contribution is -2.27. The first-order valence-electron chi connectivity index (χ1n) is 10.3. The molecule has 3 aromatic rings. The standard InChI is InChI=1S/C24H26N4O3/c1-5-30-21-12-18(10-11-20(21)31-13-19-9-7-6-8-15(19)2)23-22(17(4)29)16(3)27-24-25-14-26-28(23)24/h6-12,14,23H,5,13H2,1-4H3,(H,25,26,27). The first kappa shape index (κ1) is 20.7. The van der Waals surface area contributed by atoms with Crippen molar-refractivity contribution in [1.29, 1.82) is 0 Å². The number of ketones is 1. The van der Waals surface area contributed by atoms with Gasteiger partial charge in [0, 0.05) is 11.3 Å². The van der Waals surface area contributed by atoms with Gasteiger partial charge in [-0.3, -0.25) is 4.79 Å². The number of ether oxygens (including phenoxy) is 2. The Labute approximate surface area is 181 Å². The van der Waals surface area contributed by atoms with E-state index >= 15 is 0 Å². The molecule has 1 aromatic heterocycles. The Kier molecular flexibility index (Phi) is 5.75. The summed E-state index contributed by atoms with van der Waals surface area (Å²) in [7, 11) is 0. The molecule has 160 valence electrons. The summed E-state index contributed by atoms with van der Waals surface area (Å²) in [5.41, 5.74) is 4.60. The summed E-state index contributed by atoms with van der Waals surface area (Å²) in [6.07, 6.45) is 1.48. The third-order valence-electron chi connectivity index (χ3n) is 5.40. The topological polar surface area (TPSA) is 78.3 Å². The highest BCUT2D eigenvalue weighted by molar-refractivity contribution is 5.96. The van der Waals surface area contributed by atoms with Gasteiger partial charge in [-0.15, -0.1) is 0 Å². The number of nitrogens with zero attached hydrogens (tertiary/aromatic N) is 3. The van der Waals surface area contributed by atoms with E-state index in [2.05, 4.69) is 34.5 Å². The van der Waals surface area contributed by atoms with Gasteiger partial charge >= 0.3 is 0 Å². The Hall–Kier alpha value is -3.61. The number of hydrogen-bond donors (Lipinski definition) is 1. The number of aromatic nitrogens is 3. The third-order valence-corrected chi connectivity index (χ3v) is 5.40. The highest BCUT2D eigenvalue weighted by Crippen LogP contribution is 2.39. The molecule has 0 aliphatic carbocycles. The maximum atomic E-state index is 12.5. The number of carbonyl (C=O) groups is 1. The van der Waals surface area contributed by atoms with Crippen LogP contribution in [0.3, 0.4) is 0 Å². The Morgan fingerprint density at radius 1 is 1.13 bits per heavy atom. The average Bonchev–Trinajstić information content (AvgIpc) is 3.21. The SMILES string of the molecule is CCOc1cc(C2C(C(C)=O)=C(C)Nc3ncnn32)ccc1OCc1ccccc1C. The molecule has 0 amide bonds. The number of rotatable bonds is 7. The number of allylic oxidation sites excluding steroid dienone is 2. The van der Waals surface area contributed by atoms with Gasteiger partial charge in [0.05, 0.1) is 6.61 Å². The number of Topliss-reactive ketones (excluding diaryl/α,β-unsaturated/α-hetero) is 1. The number of benzene rings is 2. The molecule has 7 nitrogen and oxygen atoms in total. The van der Waals surface area contributed by atoms with Gasteiger partial charge in [0.1, 0.15) is 19.0 Å². The molecule has 0 saturated heterocycles. The minimum atomic E-state index is -0.388. The molecule has 7 heteroatoms. The number of hydrogen-bond acceptors (Lipinski definition) is 6. The summed E-state index contributed by atoms with van der Waals surface area (Å²) in [5.74, 6) is 1.88. The van der Waals surface area contributed by atoms with E-state index in [1.807, 2.05) is 44.2 Å². The van der Waals surface area contributed by atoms with Crippen LogP contribution >= 0.6 is 0 Å². The van der Waals surface area contributed by atoms with E-state index in [4.69, 9.17) is 9.47 Å². The molecule has 1 atom stereocenters. The molecule has 1 aliphatic rings. The van der Waals surface area contributed by atoms with Crippen LogP contribution < -0.4 is 14.8 Å². The van der Waals surface area contributed by atoms with Gasteiger partial charge in [-0.05, 0) is 56.5 Å². The summed E-state index contributed by atoms with van der Waals surface area (Å²) < 4.78 is 13.7. The van der Waals surface area contributed by atoms with Crippen LogP contribution in [0.2, 0.25) is 0 Å². The van der Waals surface area contributed by atoms with Gasteiger partial charge in [-0.25, -0.2) is 4.68 Å². The molecule has 0 fully saturated rings. The summed E-state index contributed by atoms with van der Waals surface area (Å²) in [5, 5.41) is 7.51. The second-order valence-corrected chi connectivity index (χ2v) is 7.50. The van der Waals surface area contributed by atoms with Crippen molar-refractivity contribution in [3.05, 3.63) is 76.8 Å². The number of fused-ring (bicyclic) bond motifs is 1. The molecule has 0 spiro atoms. The van der Waals surface area contributed by atoms with Gasteiger partial charge in [0.25, 0.3) is 0 Å². The van der Waals surface area contributed by atoms with Crippen LogP contribution in [0.1, 0.15) is 43.5 Å². The molecule has 0 saturated carbocycles. The first-order valence-corrected chi connectivity index (χ1v) is 10.3. The molecular weight excluding hydrogens is 392 g/mol. The van der Waals surface area contributed by atoms with Crippen LogP contribution in [-0.2, 0) is 11.4 Å². The van der Waals surface area contributed by atoms with Crippen molar-refractivity contribution in [2.24, 2.45) is 0 Å². The normalized spacial score (nSPS) is 15.3. The van der Waals surface area contributed by atoms with Gasteiger partial charge in [0.15, 0.2) is 17.3 Å². The van der Waals surface area contributed by atoms with Gasteiger partial charge < -0.3 is 14.8 Å². The third kappa shape index (κ3) is 4.03. The molecule has 1 N–H and O–H groups in total. The minimum absolute atomic E-state index is 0.0195. The summed E-state index contributed by atoms with van der Waals surface area (Å²) in [6, 6.07) is 13.5. The molecular formula is C24H26N4O3. The molecule has 1 unspecified atom stereocenters.